The average Bonchev–Trinajstić information content (AvgIpc) is 2.02. The lowest BCUT2D eigenvalue weighted by Crippen LogP contribution is -2.31. The van der Waals surface area contributed by atoms with Gasteiger partial charge in [-0.1, -0.05) is 0 Å². The summed E-state index contributed by atoms with van der Waals surface area (Å²) in [5.74, 6) is 0. The predicted octanol–water partition coefficient (Wildman–Crippen LogP) is 0.0754. The Hall–Kier alpha value is -1.11. The number of sulfonamides is 1. The highest BCUT2D eigenvalue weighted by atomic mass is 32.2. The van der Waals surface area contributed by atoms with E-state index in [1.807, 2.05) is 12.1 Å². The quantitative estimate of drug-likeness (QED) is 0.630. The van der Waals surface area contributed by atoms with E-state index in [1.54, 1.807) is 0 Å². The Kier molecular flexibility index (Phi) is 5.05. The second kappa shape index (κ2) is 5.52. The number of nitrogens with zero attached hydrogens (tertiary/aromatic N) is 3. The Morgan fingerprint density at radius 3 is 1.77 bits per heavy atom. The maximum atomic E-state index is 11.1. The van der Waals surface area contributed by atoms with Crippen LogP contribution in [0.4, 0.5) is 0 Å². The second-order valence-corrected chi connectivity index (χ2v) is 4.46. The molecule has 0 aromatic heterocycles. The van der Waals surface area contributed by atoms with E-state index in [9.17, 15) is 8.42 Å². The fraction of sp³-hybridized carbons (Fsp3) is 0.714. The molecule has 0 aromatic carbocycles. The highest BCUT2D eigenvalue weighted by molar-refractivity contribution is 7.88. The predicted molar refractivity (Wildman–Crippen MR) is 46.9 cm³/mol. The van der Waals surface area contributed by atoms with Gasteiger partial charge in [0.05, 0.1) is 18.4 Å². The summed E-state index contributed by atoms with van der Waals surface area (Å²) in [5, 5.41) is 16.5. The molecular weight excluding hydrogens is 190 g/mol. The van der Waals surface area contributed by atoms with Gasteiger partial charge >= 0.3 is 0 Å². The Morgan fingerprint density at radius 1 is 1.15 bits per heavy atom. The lowest BCUT2D eigenvalue weighted by molar-refractivity contribution is 0.429. The van der Waals surface area contributed by atoms with E-state index in [4.69, 9.17) is 10.5 Å². The molecule has 0 saturated heterocycles. The maximum absolute atomic E-state index is 11.1. The molecule has 0 aliphatic rings. The summed E-state index contributed by atoms with van der Waals surface area (Å²) in [6.45, 7) is 0.327. The fourth-order valence-corrected chi connectivity index (χ4v) is 1.64. The van der Waals surface area contributed by atoms with Crippen LogP contribution in [-0.2, 0) is 10.0 Å². The number of nitriles is 2. The van der Waals surface area contributed by atoms with Crippen LogP contribution in [0, 0.1) is 22.7 Å². The van der Waals surface area contributed by atoms with E-state index in [-0.39, 0.29) is 25.9 Å². The van der Waals surface area contributed by atoms with Gasteiger partial charge in [-0.05, 0) is 0 Å². The van der Waals surface area contributed by atoms with Crippen LogP contribution in [0.5, 0.6) is 0 Å². The van der Waals surface area contributed by atoms with Crippen LogP contribution in [0.3, 0.4) is 0 Å². The van der Waals surface area contributed by atoms with Gasteiger partial charge in [0.1, 0.15) is 0 Å². The van der Waals surface area contributed by atoms with Crippen molar-refractivity contribution in [3.05, 3.63) is 0 Å². The molecule has 0 aliphatic carbocycles. The van der Waals surface area contributed by atoms with Crippen LogP contribution < -0.4 is 0 Å². The highest BCUT2D eigenvalue weighted by Gasteiger charge is 2.14. The van der Waals surface area contributed by atoms with E-state index in [1.165, 1.54) is 0 Å². The molecule has 0 saturated carbocycles. The smallest absolute Gasteiger partial charge is 0.211 e. The third-order valence-corrected chi connectivity index (χ3v) is 2.72. The molecule has 0 radical (unpaired) electrons. The van der Waals surface area contributed by atoms with Crippen molar-refractivity contribution in [2.24, 2.45) is 0 Å². The van der Waals surface area contributed by atoms with Crippen LogP contribution in [0.15, 0.2) is 0 Å². The summed E-state index contributed by atoms with van der Waals surface area (Å²) in [6.07, 6.45) is 1.37. The number of hydrogen-bond acceptors (Lipinski definition) is 4. The van der Waals surface area contributed by atoms with Crippen molar-refractivity contribution in [1.82, 2.24) is 4.31 Å². The normalized spacial score (nSPS) is 10.8. The third-order valence-electron chi connectivity index (χ3n) is 1.42. The molecule has 0 fully saturated rings. The first kappa shape index (κ1) is 11.9. The molecule has 0 atom stereocenters. The van der Waals surface area contributed by atoms with Crippen molar-refractivity contribution in [2.75, 3.05) is 19.3 Å². The molecule has 0 bridgehead atoms. The van der Waals surface area contributed by atoms with Crippen LogP contribution in [0.1, 0.15) is 12.8 Å². The van der Waals surface area contributed by atoms with Gasteiger partial charge in [-0.3, -0.25) is 0 Å². The standard InChI is InChI=1S/C7H11N3O2S/c1-13(11,12)10(6-2-4-8)7-3-5-9/h2-3,6-7H2,1H3. The van der Waals surface area contributed by atoms with Crippen molar-refractivity contribution >= 4 is 10.0 Å². The van der Waals surface area contributed by atoms with Gasteiger partial charge < -0.3 is 0 Å². The second-order valence-electron chi connectivity index (χ2n) is 2.48. The summed E-state index contributed by atoms with van der Waals surface area (Å²) in [6, 6.07) is 3.72. The van der Waals surface area contributed by atoms with Crippen molar-refractivity contribution in [3.63, 3.8) is 0 Å². The van der Waals surface area contributed by atoms with Crippen LogP contribution in [-0.4, -0.2) is 32.1 Å². The van der Waals surface area contributed by atoms with E-state index >= 15 is 0 Å². The summed E-state index contributed by atoms with van der Waals surface area (Å²) in [7, 11) is -3.28. The van der Waals surface area contributed by atoms with Crippen molar-refractivity contribution < 1.29 is 8.42 Å². The monoisotopic (exact) mass is 201 g/mol. The molecule has 6 heteroatoms. The van der Waals surface area contributed by atoms with E-state index in [0.29, 0.717) is 0 Å². The zero-order valence-electron chi connectivity index (χ0n) is 7.39. The third kappa shape index (κ3) is 5.18. The topological polar surface area (TPSA) is 85.0 Å². The zero-order chi connectivity index (χ0) is 10.3. The van der Waals surface area contributed by atoms with Crippen LogP contribution >= 0.6 is 0 Å². The minimum absolute atomic E-state index is 0.151. The first-order valence-electron chi connectivity index (χ1n) is 3.71. The maximum Gasteiger partial charge on any atom is 0.211 e. The van der Waals surface area contributed by atoms with Gasteiger partial charge in [-0.25, -0.2) is 12.7 Å². The summed E-state index contributed by atoms with van der Waals surface area (Å²) in [4.78, 5) is 0. The first-order chi connectivity index (χ1) is 6.02. The molecule has 13 heavy (non-hydrogen) atoms. The van der Waals surface area contributed by atoms with Crippen LogP contribution in [0.25, 0.3) is 0 Å². The molecule has 0 unspecified atom stereocenters. The van der Waals surface area contributed by atoms with Gasteiger partial charge in [0, 0.05) is 25.9 Å². The molecule has 0 N–H and O–H groups in total. The average molecular weight is 201 g/mol. The van der Waals surface area contributed by atoms with Crippen molar-refractivity contribution in [2.45, 2.75) is 12.8 Å². The largest absolute Gasteiger partial charge is 0.213 e. The lowest BCUT2D eigenvalue weighted by atomic mass is 10.4. The molecule has 0 aliphatic heterocycles. The fourth-order valence-electron chi connectivity index (χ4n) is 0.793. The van der Waals surface area contributed by atoms with Crippen LogP contribution in [0.2, 0.25) is 0 Å². The van der Waals surface area contributed by atoms with E-state index in [0.717, 1.165) is 10.6 Å². The number of rotatable bonds is 5. The molecule has 0 heterocycles. The Balaban J connectivity index is 4.24. The van der Waals surface area contributed by atoms with Gasteiger partial charge in [0.15, 0.2) is 0 Å². The van der Waals surface area contributed by atoms with Gasteiger partial charge in [-0.2, -0.15) is 10.5 Å². The van der Waals surface area contributed by atoms with Crippen molar-refractivity contribution in [1.29, 1.82) is 10.5 Å². The van der Waals surface area contributed by atoms with E-state index in [2.05, 4.69) is 0 Å². The minimum Gasteiger partial charge on any atom is -0.213 e. The molecule has 0 amide bonds. The summed E-state index contributed by atoms with van der Waals surface area (Å²) < 4.78 is 23.2. The van der Waals surface area contributed by atoms with E-state index < -0.39 is 10.0 Å². The number of hydrogen-bond donors (Lipinski definition) is 0. The van der Waals surface area contributed by atoms with Gasteiger partial charge in [0.25, 0.3) is 0 Å². The lowest BCUT2D eigenvalue weighted by Gasteiger charge is -2.16. The minimum atomic E-state index is -3.28. The SMILES string of the molecule is CS(=O)(=O)N(CCC#N)CCC#N. The summed E-state index contributed by atoms with van der Waals surface area (Å²) in [5.41, 5.74) is 0. The van der Waals surface area contributed by atoms with Gasteiger partial charge in [-0.15, -0.1) is 0 Å². The Morgan fingerprint density at radius 2 is 1.54 bits per heavy atom. The Labute approximate surface area is 78.2 Å². The molecule has 0 aromatic rings. The first-order valence-corrected chi connectivity index (χ1v) is 5.56. The molecule has 0 rings (SSSR count). The van der Waals surface area contributed by atoms with Gasteiger partial charge in [0.2, 0.25) is 10.0 Å². The molecular formula is C7H11N3O2S. The molecule has 0 spiro atoms. The molecule has 72 valence electrons. The summed E-state index contributed by atoms with van der Waals surface area (Å²) >= 11 is 0. The van der Waals surface area contributed by atoms with Crippen molar-refractivity contribution in [3.8, 4) is 12.1 Å². The zero-order valence-corrected chi connectivity index (χ0v) is 8.21. The molecule has 5 nitrogen and oxygen atoms in total. The highest BCUT2D eigenvalue weighted by Crippen LogP contribution is 2.00. The Bertz CT molecular complexity index is 305.